The number of aromatic nitrogens is 2. The lowest BCUT2D eigenvalue weighted by Crippen LogP contribution is -2.37. The summed E-state index contributed by atoms with van der Waals surface area (Å²) in [4.78, 5) is 40.6. The third-order valence-corrected chi connectivity index (χ3v) is 6.84. The fraction of sp³-hybridized carbons (Fsp3) is 0.357. The number of nitrogens with zero attached hydrogens (tertiary/aromatic N) is 1. The molecule has 1 atom stereocenters. The Morgan fingerprint density at radius 1 is 1.02 bits per heavy atom. The van der Waals surface area contributed by atoms with Gasteiger partial charge in [0.15, 0.2) is 0 Å². The first-order valence-corrected chi connectivity index (χ1v) is 12.9. The van der Waals surface area contributed by atoms with Crippen molar-refractivity contribution >= 4 is 17.8 Å². The van der Waals surface area contributed by atoms with Crippen LogP contribution in [0.25, 0.3) is 11.3 Å². The highest BCUT2D eigenvalue weighted by molar-refractivity contribution is 5.93. The highest BCUT2D eigenvalue weighted by Gasteiger charge is 2.38. The number of halogens is 4. The zero-order valence-corrected chi connectivity index (χ0v) is 22.0. The van der Waals surface area contributed by atoms with Gasteiger partial charge in [-0.1, -0.05) is 42.5 Å². The van der Waals surface area contributed by atoms with Crippen LogP contribution < -0.4 is 16.8 Å². The summed E-state index contributed by atoms with van der Waals surface area (Å²) in [5.74, 6) is -3.21. The number of rotatable bonds is 8. The molecule has 4 rings (SSSR count). The van der Waals surface area contributed by atoms with Gasteiger partial charge in [0, 0.05) is 17.0 Å². The molecule has 1 saturated carbocycles. The Morgan fingerprint density at radius 3 is 2.12 bits per heavy atom. The standard InChI is InChI=1S/C26H30FN5O2.C2HF3O2/c27-23-22(18-10-12-19(13-11-18)24(29)33)31-25(32-23)21(14-16-4-2-1-3-5-16)30-26(34)20-8-6-17(15-28)7-9-20;3-2(4,5)1(6)7/h1-5,10-13,17,20-21H,6-9,14-15,28H2,(H2,29,33)(H,30,34)(H,31,32);(H,6,7)/t17?,20?,21-;/m0./s1. The molecule has 7 N–H and O–H groups in total. The van der Waals surface area contributed by atoms with Gasteiger partial charge in [-0.2, -0.15) is 17.6 Å². The quantitative estimate of drug-likeness (QED) is 0.253. The van der Waals surface area contributed by atoms with E-state index in [4.69, 9.17) is 21.4 Å². The van der Waals surface area contributed by atoms with Crippen LogP contribution in [-0.4, -0.2) is 45.6 Å². The van der Waals surface area contributed by atoms with Crippen molar-refractivity contribution in [2.75, 3.05) is 6.54 Å². The number of carbonyl (C=O) groups is 3. The van der Waals surface area contributed by atoms with Gasteiger partial charge in [0.2, 0.25) is 17.8 Å². The number of hydrogen-bond donors (Lipinski definition) is 5. The van der Waals surface area contributed by atoms with Gasteiger partial charge >= 0.3 is 12.1 Å². The van der Waals surface area contributed by atoms with E-state index < -0.39 is 30.0 Å². The lowest BCUT2D eigenvalue weighted by Gasteiger charge is -2.28. The Kier molecular flexibility index (Phi) is 10.6. The SMILES string of the molecule is NCC1CCC(C(=O)N[C@@H](Cc2ccccc2)c2nc(-c3ccc(C(N)=O)cc3)c(F)[nH]2)CC1.O=C(O)C(F)(F)F. The van der Waals surface area contributed by atoms with Crippen molar-refractivity contribution in [1.82, 2.24) is 15.3 Å². The smallest absolute Gasteiger partial charge is 0.475 e. The summed E-state index contributed by atoms with van der Waals surface area (Å²) in [5, 5.41) is 10.2. The van der Waals surface area contributed by atoms with E-state index in [9.17, 15) is 27.2 Å². The minimum Gasteiger partial charge on any atom is -0.475 e. The molecule has 1 aromatic heterocycles. The fourth-order valence-corrected chi connectivity index (χ4v) is 4.53. The summed E-state index contributed by atoms with van der Waals surface area (Å²) in [6.45, 7) is 0.653. The predicted octanol–water partition coefficient (Wildman–Crippen LogP) is 4.11. The summed E-state index contributed by atoms with van der Waals surface area (Å²) in [6, 6.07) is 15.5. The number of nitrogens with one attached hydrogen (secondary N) is 2. The average Bonchev–Trinajstić information content (AvgIpc) is 3.34. The molecule has 0 unspecified atom stereocenters. The molecule has 1 fully saturated rings. The molecule has 41 heavy (non-hydrogen) atoms. The Labute approximate surface area is 233 Å². The zero-order valence-electron chi connectivity index (χ0n) is 22.0. The lowest BCUT2D eigenvalue weighted by molar-refractivity contribution is -0.192. The molecule has 0 spiro atoms. The first kappa shape index (κ1) is 31.3. The molecule has 9 nitrogen and oxygen atoms in total. The summed E-state index contributed by atoms with van der Waals surface area (Å²) < 4.78 is 46.6. The Balaban J connectivity index is 0.000000587. The molecule has 1 heterocycles. The first-order valence-electron chi connectivity index (χ1n) is 12.9. The number of alkyl halides is 3. The number of primary amides is 1. The summed E-state index contributed by atoms with van der Waals surface area (Å²) >= 11 is 0. The first-order chi connectivity index (χ1) is 19.4. The number of amides is 2. The van der Waals surface area contributed by atoms with Gasteiger partial charge in [-0.05, 0) is 62.3 Å². The van der Waals surface area contributed by atoms with E-state index in [1.54, 1.807) is 12.1 Å². The van der Waals surface area contributed by atoms with Gasteiger partial charge in [0.1, 0.15) is 11.5 Å². The van der Waals surface area contributed by atoms with Crippen molar-refractivity contribution < 1.29 is 37.1 Å². The second-order valence-corrected chi connectivity index (χ2v) is 9.73. The number of nitrogens with two attached hydrogens (primary N) is 2. The van der Waals surface area contributed by atoms with Gasteiger partial charge in [0.05, 0.1) is 6.04 Å². The molecule has 3 aromatic rings. The van der Waals surface area contributed by atoms with Crippen LogP contribution in [-0.2, 0) is 16.0 Å². The molecule has 0 bridgehead atoms. The van der Waals surface area contributed by atoms with Crippen molar-refractivity contribution in [3.8, 4) is 11.3 Å². The molecule has 1 aliphatic carbocycles. The molecular weight excluding hydrogens is 546 g/mol. The second kappa shape index (κ2) is 13.9. The van der Waals surface area contributed by atoms with Crippen molar-refractivity contribution in [2.45, 2.75) is 44.3 Å². The lowest BCUT2D eigenvalue weighted by atomic mass is 9.81. The van der Waals surface area contributed by atoms with Crippen molar-refractivity contribution in [1.29, 1.82) is 0 Å². The highest BCUT2D eigenvalue weighted by Crippen LogP contribution is 2.30. The van der Waals surface area contributed by atoms with E-state index in [2.05, 4.69) is 15.3 Å². The van der Waals surface area contributed by atoms with Crippen LogP contribution in [0, 0.1) is 17.8 Å². The van der Waals surface area contributed by atoms with Crippen molar-refractivity contribution in [2.24, 2.45) is 23.3 Å². The van der Waals surface area contributed by atoms with E-state index in [-0.39, 0.29) is 17.5 Å². The maximum Gasteiger partial charge on any atom is 0.490 e. The summed E-state index contributed by atoms with van der Waals surface area (Å²) in [7, 11) is 0. The molecule has 0 aliphatic heterocycles. The zero-order chi connectivity index (χ0) is 30.2. The largest absolute Gasteiger partial charge is 0.490 e. The van der Waals surface area contributed by atoms with Crippen LogP contribution in [0.15, 0.2) is 54.6 Å². The van der Waals surface area contributed by atoms with Gasteiger partial charge in [-0.3, -0.25) is 9.59 Å². The summed E-state index contributed by atoms with van der Waals surface area (Å²) in [5.41, 5.74) is 13.0. The minimum atomic E-state index is -5.08. The number of aliphatic carboxylic acids is 1. The van der Waals surface area contributed by atoms with Gasteiger partial charge < -0.3 is 26.9 Å². The van der Waals surface area contributed by atoms with Crippen molar-refractivity contribution in [3.63, 3.8) is 0 Å². The number of aromatic amines is 1. The maximum absolute atomic E-state index is 14.9. The number of H-pyrrole nitrogens is 1. The molecule has 1 aliphatic rings. The van der Waals surface area contributed by atoms with Crippen LogP contribution in [0.1, 0.15) is 53.5 Å². The predicted molar refractivity (Wildman–Crippen MR) is 142 cm³/mol. The van der Waals surface area contributed by atoms with Crippen LogP contribution in [0.4, 0.5) is 17.6 Å². The number of carboxylic acids is 1. The molecule has 13 heteroatoms. The Morgan fingerprint density at radius 2 is 1.61 bits per heavy atom. The number of benzene rings is 2. The third kappa shape index (κ3) is 8.87. The van der Waals surface area contributed by atoms with Gasteiger partial charge in [-0.15, -0.1) is 0 Å². The van der Waals surface area contributed by atoms with E-state index in [1.165, 1.54) is 12.1 Å². The van der Waals surface area contributed by atoms with Gasteiger partial charge in [-0.25, -0.2) is 9.78 Å². The summed E-state index contributed by atoms with van der Waals surface area (Å²) in [6.07, 6.45) is -1.12. The van der Waals surface area contributed by atoms with Gasteiger partial charge in [0.25, 0.3) is 0 Å². The second-order valence-electron chi connectivity index (χ2n) is 9.73. The molecule has 220 valence electrons. The Hall–Kier alpha value is -4.26. The number of carbonyl (C=O) groups excluding carboxylic acids is 2. The monoisotopic (exact) mass is 577 g/mol. The average molecular weight is 578 g/mol. The van der Waals surface area contributed by atoms with E-state index in [0.29, 0.717) is 35.8 Å². The number of hydrogen-bond acceptors (Lipinski definition) is 5. The van der Waals surface area contributed by atoms with E-state index >= 15 is 0 Å². The molecule has 2 aromatic carbocycles. The Bertz CT molecular complexity index is 1320. The van der Waals surface area contributed by atoms with Crippen LogP contribution >= 0.6 is 0 Å². The highest BCUT2D eigenvalue weighted by atomic mass is 19.4. The van der Waals surface area contributed by atoms with Crippen molar-refractivity contribution in [3.05, 3.63) is 77.5 Å². The molecular formula is C28H31F4N5O4. The van der Waals surface area contributed by atoms with Crippen LogP contribution in [0.3, 0.4) is 0 Å². The maximum atomic E-state index is 14.9. The molecule has 0 radical (unpaired) electrons. The fourth-order valence-electron chi connectivity index (χ4n) is 4.53. The minimum absolute atomic E-state index is 0.0411. The molecule has 0 saturated heterocycles. The number of carboxylic acid groups (broad SMARTS) is 1. The normalized spacial score (nSPS) is 17.6. The van der Waals surface area contributed by atoms with Crippen LogP contribution in [0.5, 0.6) is 0 Å². The third-order valence-electron chi connectivity index (χ3n) is 6.84. The topological polar surface area (TPSA) is 164 Å². The molecule has 2 amide bonds. The van der Waals surface area contributed by atoms with Crippen LogP contribution in [0.2, 0.25) is 0 Å². The van der Waals surface area contributed by atoms with E-state index in [1.807, 2.05) is 30.3 Å². The van der Waals surface area contributed by atoms with E-state index in [0.717, 1.165) is 31.2 Å². The number of imidazole rings is 1.